The fourth-order valence-electron chi connectivity index (χ4n) is 0.689. The molecule has 3 nitrogen and oxygen atoms in total. The number of rotatable bonds is 7. The zero-order valence-corrected chi connectivity index (χ0v) is 6.04. The fraction of sp³-hybridized carbons (Fsp3) is 0.857. The van der Waals surface area contributed by atoms with Crippen LogP contribution < -0.4 is 0 Å². The smallest absolute Gasteiger partial charge is 0.293 e. The van der Waals surface area contributed by atoms with E-state index in [9.17, 15) is 9.90 Å². The molecule has 0 heterocycles. The number of ether oxygens (including phenoxy) is 1. The number of carbonyl (C=O) groups excluding carboxylic acids is 1. The van der Waals surface area contributed by atoms with E-state index in [0.717, 1.165) is 25.7 Å². The third-order valence-electron chi connectivity index (χ3n) is 1.22. The van der Waals surface area contributed by atoms with Gasteiger partial charge in [0.2, 0.25) is 0 Å². The summed E-state index contributed by atoms with van der Waals surface area (Å²) in [7, 11) is 0. The lowest BCUT2D eigenvalue weighted by Crippen LogP contribution is -1.91. The molecule has 10 heavy (non-hydrogen) atoms. The molecule has 3 heteroatoms. The van der Waals surface area contributed by atoms with Crippen LogP contribution in [0.5, 0.6) is 0 Å². The predicted molar refractivity (Wildman–Crippen MR) is 36.0 cm³/mol. The summed E-state index contributed by atoms with van der Waals surface area (Å²) >= 11 is 0. The standard InChI is InChI=1S/C7H13O3/c8-5-3-1-2-4-6-10-7-9/h7H,1-6H2. The van der Waals surface area contributed by atoms with Crippen LogP contribution in [-0.4, -0.2) is 19.7 Å². The zero-order valence-electron chi connectivity index (χ0n) is 6.04. The van der Waals surface area contributed by atoms with Crippen LogP contribution in [0.25, 0.3) is 0 Å². The Balaban J connectivity index is 2.70. The molecule has 0 aliphatic carbocycles. The highest BCUT2D eigenvalue weighted by molar-refractivity contribution is 5.36. The van der Waals surface area contributed by atoms with Gasteiger partial charge in [0.1, 0.15) is 0 Å². The van der Waals surface area contributed by atoms with Gasteiger partial charge in [-0.05, 0) is 19.3 Å². The number of carbonyl (C=O) groups is 1. The van der Waals surface area contributed by atoms with Crippen molar-refractivity contribution < 1.29 is 14.6 Å². The molecule has 0 atom stereocenters. The SMILES string of the molecule is [O]CCCCCCOC=O. The first kappa shape index (κ1) is 9.43. The molecule has 0 aromatic heterocycles. The first-order valence-corrected chi connectivity index (χ1v) is 3.55. The maximum Gasteiger partial charge on any atom is 0.293 e. The molecule has 59 valence electrons. The third-order valence-corrected chi connectivity index (χ3v) is 1.22. The van der Waals surface area contributed by atoms with Crippen molar-refractivity contribution in [1.29, 1.82) is 0 Å². The van der Waals surface area contributed by atoms with Crippen LogP contribution in [0.15, 0.2) is 0 Å². The molecule has 0 fully saturated rings. The van der Waals surface area contributed by atoms with Crippen molar-refractivity contribution in [1.82, 2.24) is 0 Å². The van der Waals surface area contributed by atoms with Crippen LogP contribution in [-0.2, 0) is 14.6 Å². The van der Waals surface area contributed by atoms with E-state index in [1.54, 1.807) is 0 Å². The number of hydrogen-bond donors (Lipinski definition) is 0. The number of hydrogen-bond acceptors (Lipinski definition) is 2. The summed E-state index contributed by atoms with van der Waals surface area (Å²) in [5, 5.41) is 9.93. The van der Waals surface area contributed by atoms with E-state index in [0.29, 0.717) is 13.1 Å². The molecule has 0 aliphatic rings. The van der Waals surface area contributed by atoms with Crippen molar-refractivity contribution in [3.05, 3.63) is 0 Å². The van der Waals surface area contributed by atoms with Crippen LogP contribution in [0, 0.1) is 0 Å². The van der Waals surface area contributed by atoms with E-state index in [-0.39, 0.29) is 6.61 Å². The minimum Gasteiger partial charge on any atom is -0.468 e. The van der Waals surface area contributed by atoms with Crippen molar-refractivity contribution >= 4 is 6.47 Å². The lowest BCUT2D eigenvalue weighted by Gasteiger charge is -1.96. The van der Waals surface area contributed by atoms with E-state index in [1.165, 1.54) is 0 Å². The molecule has 0 bridgehead atoms. The van der Waals surface area contributed by atoms with Gasteiger partial charge < -0.3 is 4.74 Å². The molecular formula is C7H13O3. The van der Waals surface area contributed by atoms with Crippen LogP contribution in [0.1, 0.15) is 25.7 Å². The summed E-state index contributed by atoms with van der Waals surface area (Å²) in [4.78, 5) is 9.62. The van der Waals surface area contributed by atoms with Gasteiger partial charge in [-0.15, -0.1) is 0 Å². The Morgan fingerprint density at radius 3 is 2.40 bits per heavy atom. The lowest BCUT2D eigenvalue weighted by molar-refractivity contribution is -0.128. The van der Waals surface area contributed by atoms with Crippen LogP contribution in [0.3, 0.4) is 0 Å². The average Bonchev–Trinajstić information content (AvgIpc) is 1.97. The van der Waals surface area contributed by atoms with Gasteiger partial charge in [-0.1, -0.05) is 6.42 Å². The van der Waals surface area contributed by atoms with Gasteiger partial charge >= 0.3 is 0 Å². The average molecular weight is 145 g/mol. The van der Waals surface area contributed by atoms with Gasteiger partial charge in [0.05, 0.1) is 13.2 Å². The van der Waals surface area contributed by atoms with Crippen molar-refractivity contribution in [2.45, 2.75) is 25.7 Å². The van der Waals surface area contributed by atoms with Crippen LogP contribution >= 0.6 is 0 Å². The highest BCUT2D eigenvalue weighted by atomic mass is 16.5. The Kier molecular flexibility index (Phi) is 7.95. The second kappa shape index (κ2) is 8.43. The Morgan fingerprint density at radius 1 is 1.10 bits per heavy atom. The Labute approximate surface area is 61.0 Å². The summed E-state index contributed by atoms with van der Waals surface area (Å²) in [5.74, 6) is 0. The minimum atomic E-state index is 0.00847. The molecule has 0 saturated heterocycles. The van der Waals surface area contributed by atoms with Crippen molar-refractivity contribution in [2.75, 3.05) is 13.2 Å². The van der Waals surface area contributed by atoms with E-state index >= 15 is 0 Å². The van der Waals surface area contributed by atoms with E-state index < -0.39 is 0 Å². The van der Waals surface area contributed by atoms with E-state index in [2.05, 4.69) is 4.74 Å². The van der Waals surface area contributed by atoms with E-state index in [1.807, 2.05) is 0 Å². The predicted octanol–water partition coefficient (Wildman–Crippen LogP) is 1.15. The quantitative estimate of drug-likeness (QED) is 0.398. The third kappa shape index (κ3) is 7.43. The van der Waals surface area contributed by atoms with Gasteiger partial charge in [0, 0.05) is 0 Å². The summed E-state index contributed by atoms with van der Waals surface area (Å²) in [6, 6.07) is 0. The Morgan fingerprint density at radius 2 is 1.80 bits per heavy atom. The molecule has 0 spiro atoms. The highest BCUT2D eigenvalue weighted by Gasteiger charge is 1.88. The topological polar surface area (TPSA) is 46.2 Å². The molecule has 0 rings (SSSR count). The van der Waals surface area contributed by atoms with Crippen molar-refractivity contribution in [2.24, 2.45) is 0 Å². The molecular weight excluding hydrogens is 132 g/mol. The Hall–Kier alpha value is -0.570. The van der Waals surface area contributed by atoms with E-state index in [4.69, 9.17) is 0 Å². The number of unbranched alkanes of at least 4 members (excludes halogenated alkanes) is 3. The van der Waals surface area contributed by atoms with Gasteiger partial charge in [0.15, 0.2) is 0 Å². The lowest BCUT2D eigenvalue weighted by atomic mass is 10.2. The van der Waals surface area contributed by atoms with Crippen molar-refractivity contribution in [3.63, 3.8) is 0 Å². The molecule has 0 aliphatic heterocycles. The first-order valence-electron chi connectivity index (χ1n) is 3.55. The van der Waals surface area contributed by atoms with Gasteiger partial charge in [-0.25, -0.2) is 5.11 Å². The van der Waals surface area contributed by atoms with Gasteiger partial charge in [0.25, 0.3) is 6.47 Å². The maximum atomic E-state index is 9.93. The van der Waals surface area contributed by atoms with Gasteiger partial charge in [-0.2, -0.15) is 0 Å². The molecule has 1 radical (unpaired) electrons. The monoisotopic (exact) mass is 145 g/mol. The van der Waals surface area contributed by atoms with Crippen molar-refractivity contribution in [3.8, 4) is 0 Å². The summed E-state index contributed by atoms with van der Waals surface area (Å²) < 4.78 is 4.46. The fourth-order valence-corrected chi connectivity index (χ4v) is 0.689. The van der Waals surface area contributed by atoms with Crippen LogP contribution in [0.4, 0.5) is 0 Å². The molecule has 0 unspecified atom stereocenters. The van der Waals surface area contributed by atoms with Gasteiger partial charge in [-0.3, -0.25) is 4.79 Å². The maximum absolute atomic E-state index is 9.93. The summed E-state index contributed by atoms with van der Waals surface area (Å²) in [5.41, 5.74) is 0. The first-order chi connectivity index (χ1) is 4.91. The molecule has 0 saturated carbocycles. The second-order valence-electron chi connectivity index (χ2n) is 2.09. The molecule has 0 aromatic carbocycles. The molecule has 0 N–H and O–H groups in total. The zero-order chi connectivity index (χ0) is 7.66. The largest absolute Gasteiger partial charge is 0.468 e. The molecule has 0 amide bonds. The highest BCUT2D eigenvalue weighted by Crippen LogP contribution is 1.98. The minimum absolute atomic E-state index is 0.00847. The van der Waals surface area contributed by atoms with Crippen LogP contribution in [0.2, 0.25) is 0 Å². The summed E-state index contributed by atoms with van der Waals surface area (Å²) in [6.07, 6.45) is 3.54. The normalized spacial score (nSPS) is 9.30. The molecule has 0 aromatic rings. The summed E-state index contributed by atoms with van der Waals surface area (Å²) in [6.45, 7) is 0.949. The second-order valence-corrected chi connectivity index (χ2v) is 2.09. The Bertz CT molecular complexity index is 73.3.